The molecule has 0 saturated heterocycles. The maximum atomic E-state index is 5.99. The van der Waals surface area contributed by atoms with Crippen molar-refractivity contribution >= 4 is 0 Å². The Balaban J connectivity index is 1.93. The number of hydrogen-bond acceptors (Lipinski definition) is 1. The molecule has 1 fully saturated rings. The molecule has 2 atom stereocenters. The third kappa shape index (κ3) is 4.01. The van der Waals surface area contributed by atoms with Gasteiger partial charge in [-0.25, -0.2) is 0 Å². The maximum absolute atomic E-state index is 5.99. The smallest absolute Gasteiger partial charge is 0.0279 e. The van der Waals surface area contributed by atoms with E-state index in [1.165, 1.54) is 50.5 Å². The summed E-state index contributed by atoms with van der Waals surface area (Å²) in [6.45, 7) is 7.17. The van der Waals surface area contributed by atoms with Crippen molar-refractivity contribution in [3.63, 3.8) is 0 Å². The van der Waals surface area contributed by atoms with Crippen molar-refractivity contribution < 1.29 is 0 Å². The van der Waals surface area contributed by atoms with Crippen molar-refractivity contribution in [1.29, 1.82) is 0 Å². The molecule has 20 heavy (non-hydrogen) atoms. The predicted molar refractivity (Wildman–Crippen MR) is 88.3 cm³/mol. The fraction of sp³-hybridized carbons (Fsp3) is 0.684. The summed E-state index contributed by atoms with van der Waals surface area (Å²) >= 11 is 0. The number of allylic oxidation sites excluding steroid dienone is 5. The van der Waals surface area contributed by atoms with Crippen LogP contribution < -0.4 is 5.73 Å². The summed E-state index contributed by atoms with van der Waals surface area (Å²) < 4.78 is 0. The van der Waals surface area contributed by atoms with Crippen LogP contribution in [0.15, 0.2) is 35.1 Å². The van der Waals surface area contributed by atoms with Crippen LogP contribution in [-0.2, 0) is 0 Å². The summed E-state index contributed by atoms with van der Waals surface area (Å²) in [5.41, 5.74) is 10.5. The van der Waals surface area contributed by atoms with Gasteiger partial charge >= 0.3 is 0 Å². The lowest BCUT2D eigenvalue weighted by Gasteiger charge is -2.37. The Hall–Kier alpha value is -0.980. The van der Waals surface area contributed by atoms with Gasteiger partial charge in [-0.3, -0.25) is 0 Å². The quantitative estimate of drug-likeness (QED) is 0.704. The van der Waals surface area contributed by atoms with E-state index in [4.69, 9.17) is 5.73 Å². The lowest BCUT2D eigenvalue weighted by Crippen LogP contribution is -2.23. The summed E-state index contributed by atoms with van der Waals surface area (Å²) in [6, 6.07) is 0. The van der Waals surface area contributed by atoms with E-state index in [2.05, 4.69) is 39.0 Å². The van der Waals surface area contributed by atoms with Crippen LogP contribution in [0.25, 0.3) is 0 Å². The lowest BCUT2D eigenvalue weighted by molar-refractivity contribution is 0.239. The van der Waals surface area contributed by atoms with Crippen molar-refractivity contribution in [1.82, 2.24) is 0 Å². The Morgan fingerprint density at radius 1 is 1.30 bits per heavy atom. The highest BCUT2D eigenvalue weighted by atomic mass is 14.6. The van der Waals surface area contributed by atoms with Gasteiger partial charge in [0.05, 0.1) is 0 Å². The first-order chi connectivity index (χ1) is 9.52. The largest absolute Gasteiger partial charge is 0.399 e. The molecule has 1 heteroatoms. The van der Waals surface area contributed by atoms with E-state index in [1.807, 2.05) is 0 Å². The number of fused-ring (bicyclic) bond motifs is 1. The molecule has 2 N–H and O–H groups in total. The van der Waals surface area contributed by atoms with Crippen LogP contribution >= 0.6 is 0 Å². The Bertz CT molecular complexity index is 427. The standard InChI is InChI=1S/C19H31N/c1-4-15(2)7-6-11-19(3)12-10-16-13-18(20)9-5-8-17(16)14-19/h8-9,13,15H,4-7,10-12,14,20H2,1-3H3. The first kappa shape index (κ1) is 15.4. The molecule has 0 spiro atoms. The SMILES string of the molecule is CCC(C)CCCC1(C)CCC2=CC(N)=CCC=C2C1. The minimum atomic E-state index is 0.510. The molecule has 0 aromatic rings. The first-order valence-electron chi connectivity index (χ1n) is 8.38. The zero-order valence-corrected chi connectivity index (χ0v) is 13.5. The van der Waals surface area contributed by atoms with Crippen molar-refractivity contribution in [2.24, 2.45) is 17.1 Å². The third-order valence-electron chi connectivity index (χ3n) is 5.26. The Labute approximate surface area is 125 Å². The van der Waals surface area contributed by atoms with E-state index in [-0.39, 0.29) is 0 Å². The fourth-order valence-corrected chi connectivity index (χ4v) is 3.52. The maximum Gasteiger partial charge on any atom is 0.0279 e. The van der Waals surface area contributed by atoms with Crippen LogP contribution in [0.5, 0.6) is 0 Å². The van der Waals surface area contributed by atoms with Crippen molar-refractivity contribution in [3.05, 3.63) is 35.1 Å². The average Bonchev–Trinajstić information content (AvgIpc) is 2.59. The molecule has 2 aliphatic rings. The van der Waals surface area contributed by atoms with Gasteiger partial charge in [0.1, 0.15) is 0 Å². The molecule has 2 rings (SSSR count). The number of nitrogens with two attached hydrogens (primary N) is 1. The summed E-state index contributed by atoms with van der Waals surface area (Å²) in [7, 11) is 0. The summed E-state index contributed by atoms with van der Waals surface area (Å²) in [5, 5.41) is 0. The minimum absolute atomic E-state index is 0.510. The molecule has 2 unspecified atom stereocenters. The predicted octanol–water partition coefficient (Wildman–Crippen LogP) is 5.49. The average molecular weight is 273 g/mol. The van der Waals surface area contributed by atoms with Gasteiger partial charge in [0.15, 0.2) is 0 Å². The van der Waals surface area contributed by atoms with Gasteiger partial charge in [0, 0.05) is 5.70 Å². The van der Waals surface area contributed by atoms with Crippen LogP contribution in [-0.4, -0.2) is 0 Å². The van der Waals surface area contributed by atoms with Crippen LogP contribution in [0.1, 0.15) is 72.1 Å². The van der Waals surface area contributed by atoms with Crippen molar-refractivity contribution in [2.75, 3.05) is 0 Å². The van der Waals surface area contributed by atoms with Gasteiger partial charge in [-0.05, 0) is 60.7 Å². The molecular formula is C19H31N. The summed E-state index contributed by atoms with van der Waals surface area (Å²) in [5.74, 6) is 0.888. The molecule has 0 aliphatic heterocycles. The molecule has 1 nitrogen and oxygen atoms in total. The van der Waals surface area contributed by atoms with Gasteiger partial charge in [-0.15, -0.1) is 0 Å². The Morgan fingerprint density at radius 3 is 2.85 bits per heavy atom. The van der Waals surface area contributed by atoms with Gasteiger partial charge in [0.2, 0.25) is 0 Å². The van der Waals surface area contributed by atoms with E-state index >= 15 is 0 Å². The molecule has 1 saturated carbocycles. The molecular weight excluding hydrogens is 242 g/mol. The van der Waals surface area contributed by atoms with E-state index in [1.54, 1.807) is 5.57 Å². The van der Waals surface area contributed by atoms with Gasteiger partial charge < -0.3 is 5.73 Å². The lowest BCUT2D eigenvalue weighted by atomic mass is 9.68. The molecule has 0 aromatic carbocycles. The second-order valence-corrected chi connectivity index (χ2v) is 7.23. The van der Waals surface area contributed by atoms with Crippen LogP contribution in [0.3, 0.4) is 0 Å². The van der Waals surface area contributed by atoms with Gasteiger partial charge in [0.25, 0.3) is 0 Å². The number of rotatable bonds is 5. The molecule has 0 radical (unpaired) electrons. The normalized spacial score (nSPS) is 27.9. The van der Waals surface area contributed by atoms with Crippen molar-refractivity contribution in [2.45, 2.75) is 72.1 Å². The Kier molecular flexibility index (Phi) is 5.12. The molecule has 0 aromatic heterocycles. The monoisotopic (exact) mass is 273 g/mol. The van der Waals surface area contributed by atoms with E-state index in [9.17, 15) is 0 Å². The number of hydrogen-bond donors (Lipinski definition) is 1. The molecule has 0 bridgehead atoms. The van der Waals surface area contributed by atoms with Crippen molar-refractivity contribution in [3.8, 4) is 0 Å². The second-order valence-electron chi connectivity index (χ2n) is 7.23. The molecule has 0 amide bonds. The van der Waals surface area contributed by atoms with Gasteiger partial charge in [-0.2, -0.15) is 0 Å². The van der Waals surface area contributed by atoms with E-state index in [0.29, 0.717) is 5.41 Å². The first-order valence-corrected chi connectivity index (χ1v) is 8.38. The highest BCUT2D eigenvalue weighted by Gasteiger charge is 2.31. The second kappa shape index (κ2) is 6.65. The van der Waals surface area contributed by atoms with Crippen LogP contribution in [0, 0.1) is 11.3 Å². The zero-order valence-electron chi connectivity index (χ0n) is 13.5. The zero-order chi connectivity index (χ0) is 14.6. The van der Waals surface area contributed by atoms with Gasteiger partial charge in [-0.1, -0.05) is 52.2 Å². The summed E-state index contributed by atoms with van der Waals surface area (Å²) in [6.07, 6.45) is 17.0. The summed E-state index contributed by atoms with van der Waals surface area (Å²) in [4.78, 5) is 0. The highest BCUT2D eigenvalue weighted by molar-refractivity contribution is 5.41. The minimum Gasteiger partial charge on any atom is -0.399 e. The highest BCUT2D eigenvalue weighted by Crippen LogP contribution is 2.45. The van der Waals surface area contributed by atoms with Crippen LogP contribution in [0.2, 0.25) is 0 Å². The molecule has 0 heterocycles. The van der Waals surface area contributed by atoms with E-state index < -0.39 is 0 Å². The third-order valence-corrected chi connectivity index (χ3v) is 5.26. The topological polar surface area (TPSA) is 26.0 Å². The molecule has 112 valence electrons. The molecule has 2 aliphatic carbocycles. The Morgan fingerprint density at radius 2 is 2.10 bits per heavy atom. The van der Waals surface area contributed by atoms with E-state index in [0.717, 1.165) is 18.0 Å². The van der Waals surface area contributed by atoms with Crippen LogP contribution in [0.4, 0.5) is 0 Å². The fourth-order valence-electron chi connectivity index (χ4n) is 3.52.